The van der Waals surface area contributed by atoms with Crippen molar-refractivity contribution in [1.29, 1.82) is 0 Å². The number of hydrogen-bond donors (Lipinski definition) is 1. The Kier molecular flexibility index (Phi) is 4.17. The maximum absolute atomic E-state index is 11.8. The predicted molar refractivity (Wildman–Crippen MR) is 78.2 cm³/mol. The smallest absolute Gasteiger partial charge is 0.250 e. The first kappa shape index (κ1) is 13.6. The number of rotatable bonds is 4. The molecule has 0 aliphatic carbocycles. The second-order valence-electron chi connectivity index (χ2n) is 4.90. The zero-order valence-corrected chi connectivity index (χ0v) is 11.5. The van der Waals surface area contributed by atoms with Gasteiger partial charge in [-0.15, -0.1) is 0 Å². The highest BCUT2D eigenvalue weighted by Crippen LogP contribution is 2.13. The van der Waals surface area contributed by atoms with Gasteiger partial charge in [0, 0.05) is 24.8 Å². The molecule has 0 spiro atoms. The molecule has 2 aromatic rings. The van der Waals surface area contributed by atoms with Crippen LogP contribution in [0.4, 0.5) is 0 Å². The largest absolute Gasteiger partial charge is 0.322 e. The van der Waals surface area contributed by atoms with E-state index in [9.17, 15) is 4.79 Å². The van der Waals surface area contributed by atoms with Gasteiger partial charge < -0.3 is 10.3 Å². The summed E-state index contributed by atoms with van der Waals surface area (Å²) >= 11 is 0. The molecule has 1 aromatic carbocycles. The quantitative estimate of drug-likeness (QED) is 0.913. The van der Waals surface area contributed by atoms with Gasteiger partial charge in [0.1, 0.15) is 0 Å². The van der Waals surface area contributed by atoms with Crippen LogP contribution in [0, 0.1) is 6.92 Å². The van der Waals surface area contributed by atoms with E-state index in [1.54, 1.807) is 16.8 Å². The highest BCUT2D eigenvalue weighted by Gasteiger charge is 2.07. The van der Waals surface area contributed by atoms with E-state index in [4.69, 9.17) is 5.73 Å². The first-order valence-electron chi connectivity index (χ1n) is 6.61. The zero-order chi connectivity index (χ0) is 13.8. The summed E-state index contributed by atoms with van der Waals surface area (Å²) in [6.07, 6.45) is 2.82. The number of nitrogens with zero attached hydrogens (tertiary/aromatic N) is 1. The summed E-state index contributed by atoms with van der Waals surface area (Å²) in [6.45, 7) is 4.54. The Balaban J connectivity index is 2.15. The first-order chi connectivity index (χ1) is 9.10. The van der Waals surface area contributed by atoms with Crippen LogP contribution in [-0.2, 0) is 13.0 Å². The second-order valence-corrected chi connectivity index (χ2v) is 4.90. The van der Waals surface area contributed by atoms with E-state index in [1.807, 2.05) is 25.1 Å². The molecular formula is C16H20N2O. The molecule has 1 aromatic heterocycles. The van der Waals surface area contributed by atoms with Crippen LogP contribution in [0.15, 0.2) is 47.4 Å². The Morgan fingerprint density at radius 2 is 1.89 bits per heavy atom. The zero-order valence-electron chi connectivity index (χ0n) is 11.5. The molecule has 0 radical (unpaired) electrons. The van der Waals surface area contributed by atoms with E-state index in [-0.39, 0.29) is 11.6 Å². The van der Waals surface area contributed by atoms with Crippen molar-refractivity contribution in [2.45, 2.75) is 32.9 Å². The van der Waals surface area contributed by atoms with Crippen molar-refractivity contribution in [3.8, 4) is 0 Å². The summed E-state index contributed by atoms with van der Waals surface area (Å²) in [6, 6.07) is 11.7. The van der Waals surface area contributed by atoms with Gasteiger partial charge in [-0.05, 0) is 36.1 Å². The molecule has 1 heterocycles. The van der Waals surface area contributed by atoms with Crippen molar-refractivity contribution in [1.82, 2.24) is 4.57 Å². The summed E-state index contributed by atoms with van der Waals surface area (Å²) in [4.78, 5) is 11.8. The molecule has 0 aliphatic heterocycles. The summed E-state index contributed by atoms with van der Waals surface area (Å²) in [5.74, 6) is 0. The van der Waals surface area contributed by atoms with Crippen LogP contribution >= 0.6 is 0 Å². The summed E-state index contributed by atoms with van der Waals surface area (Å²) in [7, 11) is 0. The molecule has 2 rings (SSSR count). The van der Waals surface area contributed by atoms with Crippen LogP contribution in [0.5, 0.6) is 0 Å². The predicted octanol–water partition coefficient (Wildman–Crippen LogP) is 2.42. The van der Waals surface area contributed by atoms with Gasteiger partial charge in [0.25, 0.3) is 5.56 Å². The van der Waals surface area contributed by atoms with Crippen LogP contribution in [0.1, 0.15) is 29.7 Å². The molecule has 100 valence electrons. The van der Waals surface area contributed by atoms with Crippen LogP contribution < -0.4 is 11.3 Å². The fourth-order valence-electron chi connectivity index (χ4n) is 2.08. The molecule has 3 nitrogen and oxygen atoms in total. The van der Waals surface area contributed by atoms with Crippen molar-refractivity contribution in [3.05, 3.63) is 69.6 Å². The summed E-state index contributed by atoms with van der Waals surface area (Å²) < 4.78 is 1.66. The van der Waals surface area contributed by atoms with Gasteiger partial charge in [-0.3, -0.25) is 4.79 Å². The van der Waals surface area contributed by atoms with E-state index in [2.05, 4.69) is 19.1 Å². The maximum atomic E-state index is 11.8. The normalized spacial score (nSPS) is 12.4. The van der Waals surface area contributed by atoms with Gasteiger partial charge in [0.2, 0.25) is 0 Å². The van der Waals surface area contributed by atoms with E-state index < -0.39 is 0 Å². The maximum Gasteiger partial charge on any atom is 0.250 e. The third kappa shape index (κ3) is 3.32. The minimum Gasteiger partial charge on any atom is -0.322 e. The number of aromatic nitrogens is 1. The van der Waals surface area contributed by atoms with Crippen molar-refractivity contribution in [2.24, 2.45) is 5.73 Å². The highest BCUT2D eigenvalue weighted by atomic mass is 16.1. The molecule has 1 atom stereocenters. The Hall–Kier alpha value is -1.87. The Morgan fingerprint density at radius 1 is 1.21 bits per heavy atom. The molecule has 0 bridgehead atoms. The van der Waals surface area contributed by atoms with E-state index in [0.29, 0.717) is 6.54 Å². The lowest BCUT2D eigenvalue weighted by atomic mass is 10.0. The third-order valence-electron chi connectivity index (χ3n) is 3.36. The molecule has 2 N–H and O–H groups in total. The fraction of sp³-hybridized carbons (Fsp3) is 0.312. The molecule has 0 saturated heterocycles. The lowest BCUT2D eigenvalue weighted by Crippen LogP contribution is -2.26. The third-order valence-corrected chi connectivity index (χ3v) is 3.36. The van der Waals surface area contributed by atoms with Gasteiger partial charge in [-0.25, -0.2) is 0 Å². The van der Waals surface area contributed by atoms with Crippen LogP contribution in [-0.4, -0.2) is 4.57 Å². The fourth-order valence-corrected chi connectivity index (χ4v) is 2.08. The van der Waals surface area contributed by atoms with E-state index in [1.165, 1.54) is 5.56 Å². The summed E-state index contributed by atoms with van der Waals surface area (Å²) in [5.41, 5.74) is 9.50. The summed E-state index contributed by atoms with van der Waals surface area (Å²) in [5, 5.41) is 0. The first-order valence-corrected chi connectivity index (χ1v) is 6.61. The Bertz CT molecular complexity index is 599. The number of benzene rings is 1. The van der Waals surface area contributed by atoms with Gasteiger partial charge in [-0.1, -0.05) is 31.2 Å². The van der Waals surface area contributed by atoms with Crippen molar-refractivity contribution in [2.75, 3.05) is 0 Å². The van der Waals surface area contributed by atoms with Gasteiger partial charge in [-0.2, -0.15) is 0 Å². The lowest BCUT2D eigenvalue weighted by molar-refractivity contribution is 0.561. The Morgan fingerprint density at radius 3 is 2.47 bits per heavy atom. The molecule has 3 heteroatoms. The molecule has 0 saturated carbocycles. The van der Waals surface area contributed by atoms with Crippen molar-refractivity contribution < 1.29 is 0 Å². The lowest BCUT2D eigenvalue weighted by Gasteiger charge is -2.14. The van der Waals surface area contributed by atoms with Crippen LogP contribution in [0.3, 0.4) is 0 Å². The van der Waals surface area contributed by atoms with E-state index in [0.717, 1.165) is 17.5 Å². The minimum atomic E-state index is -0.161. The molecule has 19 heavy (non-hydrogen) atoms. The van der Waals surface area contributed by atoms with Gasteiger partial charge >= 0.3 is 0 Å². The molecule has 0 fully saturated rings. The van der Waals surface area contributed by atoms with Crippen LogP contribution in [0.2, 0.25) is 0 Å². The van der Waals surface area contributed by atoms with Crippen LogP contribution in [0.25, 0.3) is 0 Å². The van der Waals surface area contributed by atoms with E-state index >= 15 is 0 Å². The SMILES string of the molecule is CCc1ccc(C(N)Cn2ccc(C)cc2=O)cc1. The highest BCUT2D eigenvalue weighted by molar-refractivity contribution is 5.24. The molecule has 0 aliphatic rings. The number of aryl methyl sites for hydroxylation is 2. The second kappa shape index (κ2) is 5.85. The molecule has 1 unspecified atom stereocenters. The Labute approximate surface area is 113 Å². The average molecular weight is 256 g/mol. The number of pyridine rings is 1. The molecule has 0 amide bonds. The van der Waals surface area contributed by atoms with Gasteiger partial charge in [0.15, 0.2) is 0 Å². The monoisotopic (exact) mass is 256 g/mol. The standard InChI is InChI=1S/C16H20N2O/c1-3-13-4-6-14(7-5-13)15(17)11-18-9-8-12(2)10-16(18)19/h4-10,15H,3,11,17H2,1-2H3. The average Bonchev–Trinajstić information content (AvgIpc) is 2.42. The van der Waals surface area contributed by atoms with Crippen molar-refractivity contribution in [3.63, 3.8) is 0 Å². The van der Waals surface area contributed by atoms with Gasteiger partial charge in [0.05, 0.1) is 0 Å². The number of hydrogen-bond acceptors (Lipinski definition) is 2. The minimum absolute atomic E-state index is 0.000582. The van der Waals surface area contributed by atoms with Crippen molar-refractivity contribution >= 4 is 0 Å². The number of nitrogens with two attached hydrogens (primary N) is 1. The topological polar surface area (TPSA) is 48.0 Å². The molecular weight excluding hydrogens is 236 g/mol.